The van der Waals surface area contributed by atoms with Crippen molar-refractivity contribution in [3.63, 3.8) is 0 Å². The van der Waals surface area contributed by atoms with Crippen LogP contribution in [0.5, 0.6) is 5.75 Å². The van der Waals surface area contributed by atoms with Crippen LogP contribution in [0.4, 0.5) is 5.69 Å². The van der Waals surface area contributed by atoms with Crippen LogP contribution in [0, 0.1) is 0 Å². The second-order valence-corrected chi connectivity index (χ2v) is 10.5. The van der Waals surface area contributed by atoms with Crippen molar-refractivity contribution in [2.75, 3.05) is 51.3 Å². The average Bonchev–Trinajstić information content (AvgIpc) is 3.32. The Kier molecular flexibility index (Phi) is 10.5. The van der Waals surface area contributed by atoms with E-state index < -0.39 is 6.04 Å². The molecular formula is C31H43N5O4. The minimum atomic E-state index is -0.631. The van der Waals surface area contributed by atoms with E-state index in [0.717, 1.165) is 63.3 Å². The highest BCUT2D eigenvalue weighted by molar-refractivity contribution is 6.00. The van der Waals surface area contributed by atoms with Crippen LogP contribution in [0.25, 0.3) is 0 Å². The van der Waals surface area contributed by atoms with Gasteiger partial charge in [0.05, 0.1) is 6.04 Å². The van der Waals surface area contributed by atoms with Gasteiger partial charge in [0.15, 0.2) is 0 Å². The first-order valence-corrected chi connectivity index (χ1v) is 14.5. The fourth-order valence-electron chi connectivity index (χ4n) is 5.63. The molecule has 1 fully saturated rings. The smallest absolute Gasteiger partial charge is 0.255 e. The first-order chi connectivity index (χ1) is 19.5. The molecule has 9 nitrogen and oxygen atoms in total. The molecule has 216 valence electrons. The largest absolute Gasteiger partial charge is 0.492 e. The Morgan fingerprint density at radius 1 is 1.18 bits per heavy atom. The van der Waals surface area contributed by atoms with E-state index in [0.29, 0.717) is 25.1 Å². The number of anilines is 1. The molecular weight excluding hydrogens is 506 g/mol. The quantitative estimate of drug-likeness (QED) is 0.350. The number of benzene rings is 2. The first-order valence-electron chi connectivity index (χ1n) is 14.5. The van der Waals surface area contributed by atoms with Gasteiger partial charge < -0.3 is 30.0 Å². The number of amides is 2. The summed E-state index contributed by atoms with van der Waals surface area (Å²) in [6.07, 6.45) is 2.21. The summed E-state index contributed by atoms with van der Waals surface area (Å²) in [5.74, 6) is 0.394. The number of aldehydes is 1. The molecule has 2 N–H and O–H groups in total. The van der Waals surface area contributed by atoms with Crippen LogP contribution in [-0.2, 0) is 22.7 Å². The van der Waals surface area contributed by atoms with Gasteiger partial charge in [0.1, 0.15) is 18.6 Å². The van der Waals surface area contributed by atoms with Crippen LogP contribution < -0.4 is 20.3 Å². The van der Waals surface area contributed by atoms with Gasteiger partial charge in [-0.15, -0.1) is 0 Å². The first kappa shape index (κ1) is 29.6. The number of carbonyl (C=O) groups excluding carboxylic acids is 3. The molecule has 2 atom stereocenters. The summed E-state index contributed by atoms with van der Waals surface area (Å²) < 4.78 is 6.29. The molecule has 0 aromatic heterocycles. The van der Waals surface area contributed by atoms with E-state index in [-0.39, 0.29) is 24.3 Å². The molecule has 40 heavy (non-hydrogen) atoms. The van der Waals surface area contributed by atoms with Gasteiger partial charge in [-0.1, -0.05) is 32.0 Å². The highest BCUT2D eigenvalue weighted by Crippen LogP contribution is 2.29. The monoisotopic (exact) mass is 549 g/mol. The number of para-hydroxylation sites is 1. The molecule has 1 saturated heterocycles. The molecule has 2 aromatic carbocycles. The maximum Gasteiger partial charge on any atom is 0.255 e. The third-order valence-electron chi connectivity index (χ3n) is 8.07. The van der Waals surface area contributed by atoms with Crippen LogP contribution in [0.15, 0.2) is 42.5 Å². The SMILES string of the molecule is CCC(COc1ccc2c(c1)CN(C(C=O)CCC(=O)NC)C2=O)N(CC)Cc1ccccc1N1CCNCC1. The van der Waals surface area contributed by atoms with Crippen LogP contribution in [-0.4, -0.2) is 86.4 Å². The Labute approximate surface area is 237 Å². The lowest BCUT2D eigenvalue weighted by Crippen LogP contribution is -2.44. The Morgan fingerprint density at radius 2 is 1.95 bits per heavy atom. The number of nitrogens with one attached hydrogen (secondary N) is 2. The molecule has 2 unspecified atom stereocenters. The molecule has 2 amide bonds. The van der Waals surface area contributed by atoms with Gasteiger partial charge in [-0.3, -0.25) is 14.5 Å². The van der Waals surface area contributed by atoms with E-state index in [4.69, 9.17) is 4.74 Å². The summed E-state index contributed by atoms with van der Waals surface area (Å²) in [5.41, 5.74) is 4.09. The number of nitrogens with zero attached hydrogens (tertiary/aromatic N) is 3. The lowest BCUT2D eigenvalue weighted by atomic mass is 10.1. The number of hydrogen-bond donors (Lipinski definition) is 2. The number of rotatable bonds is 14. The second-order valence-electron chi connectivity index (χ2n) is 10.5. The van der Waals surface area contributed by atoms with Crippen LogP contribution in [0.1, 0.15) is 54.6 Å². The zero-order valence-electron chi connectivity index (χ0n) is 24.0. The van der Waals surface area contributed by atoms with Gasteiger partial charge >= 0.3 is 0 Å². The van der Waals surface area contributed by atoms with E-state index in [9.17, 15) is 14.4 Å². The predicted octanol–water partition coefficient (Wildman–Crippen LogP) is 2.83. The topological polar surface area (TPSA) is 94.2 Å². The molecule has 0 spiro atoms. The van der Waals surface area contributed by atoms with E-state index in [2.05, 4.69) is 58.5 Å². The minimum Gasteiger partial charge on any atom is -0.492 e. The second kappa shape index (κ2) is 14.3. The molecule has 2 aliphatic rings. The molecule has 9 heteroatoms. The van der Waals surface area contributed by atoms with Crippen molar-refractivity contribution in [2.24, 2.45) is 0 Å². The summed E-state index contributed by atoms with van der Waals surface area (Å²) in [5, 5.41) is 6.00. The van der Waals surface area contributed by atoms with E-state index in [1.54, 1.807) is 18.0 Å². The van der Waals surface area contributed by atoms with E-state index in [1.807, 2.05) is 12.1 Å². The maximum absolute atomic E-state index is 13.0. The highest BCUT2D eigenvalue weighted by Gasteiger charge is 2.33. The van der Waals surface area contributed by atoms with Gasteiger partial charge in [0.2, 0.25) is 5.91 Å². The fraction of sp³-hybridized carbons (Fsp3) is 0.516. The van der Waals surface area contributed by atoms with E-state index >= 15 is 0 Å². The third-order valence-corrected chi connectivity index (χ3v) is 8.07. The number of carbonyl (C=O) groups is 3. The fourth-order valence-corrected chi connectivity index (χ4v) is 5.63. The molecule has 4 rings (SSSR count). The Morgan fingerprint density at radius 3 is 2.65 bits per heavy atom. The van der Waals surface area contributed by atoms with Crippen molar-refractivity contribution < 1.29 is 19.1 Å². The summed E-state index contributed by atoms with van der Waals surface area (Å²) >= 11 is 0. The Hall–Kier alpha value is -3.43. The molecule has 0 saturated carbocycles. The maximum atomic E-state index is 13.0. The number of ether oxygens (including phenoxy) is 1. The molecule has 0 aliphatic carbocycles. The highest BCUT2D eigenvalue weighted by atomic mass is 16.5. The Balaban J connectivity index is 1.39. The normalized spacial score (nSPS) is 16.6. The summed E-state index contributed by atoms with van der Waals surface area (Å²) in [4.78, 5) is 42.9. The molecule has 0 radical (unpaired) electrons. The van der Waals surface area contributed by atoms with Crippen molar-refractivity contribution >= 4 is 23.8 Å². The van der Waals surface area contributed by atoms with Crippen molar-refractivity contribution in [2.45, 2.75) is 58.3 Å². The summed E-state index contributed by atoms with van der Waals surface area (Å²) in [6.45, 7) is 11.1. The lowest BCUT2D eigenvalue weighted by Gasteiger charge is -2.34. The Bertz CT molecular complexity index is 1170. The van der Waals surface area contributed by atoms with Gasteiger partial charge in [-0.05, 0) is 54.8 Å². The van der Waals surface area contributed by atoms with Gasteiger partial charge in [0, 0.05) is 70.0 Å². The zero-order chi connectivity index (χ0) is 28.5. The van der Waals surface area contributed by atoms with E-state index in [1.165, 1.54) is 11.3 Å². The number of likely N-dealkylation sites (N-methyl/N-ethyl adjacent to an activating group) is 1. The lowest BCUT2D eigenvalue weighted by molar-refractivity contribution is -0.121. The zero-order valence-corrected chi connectivity index (χ0v) is 24.0. The van der Waals surface area contributed by atoms with Crippen molar-refractivity contribution in [1.82, 2.24) is 20.4 Å². The number of hydrogen-bond acceptors (Lipinski definition) is 7. The van der Waals surface area contributed by atoms with Gasteiger partial charge in [-0.25, -0.2) is 0 Å². The third kappa shape index (κ3) is 7.01. The summed E-state index contributed by atoms with van der Waals surface area (Å²) in [6, 6.07) is 13.8. The van der Waals surface area contributed by atoms with Crippen molar-refractivity contribution in [3.05, 3.63) is 59.2 Å². The van der Waals surface area contributed by atoms with Crippen molar-refractivity contribution in [3.8, 4) is 5.75 Å². The molecule has 2 heterocycles. The standard InChI is InChI=1S/C31H43N5O4/c1-4-25(34(5-2)19-23-8-6-7-9-29(23)35-16-14-33-15-17-35)22-40-27-11-12-28-24(18-27)20-36(31(28)39)26(21-37)10-13-30(38)32-3/h6-9,11-12,18,21,25-26,33H,4-5,10,13-17,19-20,22H2,1-3H3,(H,32,38). The van der Waals surface area contributed by atoms with Crippen LogP contribution in [0.2, 0.25) is 0 Å². The molecule has 2 aliphatic heterocycles. The molecule has 2 aromatic rings. The summed E-state index contributed by atoms with van der Waals surface area (Å²) in [7, 11) is 1.56. The molecule has 0 bridgehead atoms. The van der Waals surface area contributed by atoms with Crippen molar-refractivity contribution in [1.29, 1.82) is 0 Å². The number of piperazine rings is 1. The predicted molar refractivity (Wildman–Crippen MR) is 157 cm³/mol. The van der Waals surface area contributed by atoms with Crippen LogP contribution >= 0.6 is 0 Å². The van der Waals surface area contributed by atoms with Gasteiger partial charge in [-0.2, -0.15) is 0 Å². The van der Waals surface area contributed by atoms with Gasteiger partial charge in [0.25, 0.3) is 5.91 Å². The minimum absolute atomic E-state index is 0.148. The average molecular weight is 550 g/mol. The number of fused-ring (bicyclic) bond motifs is 1. The van der Waals surface area contributed by atoms with Crippen LogP contribution in [0.3, 0.4) is 0 Å².